The zero-order valence-corrected chi connectivity index (χ0v) is 18.9. The van der Waals surface area contributed by atoms with Gasteiger partial charge in [0.1, 0.15) is 5.69 Å². The second-order valence-corrected chi connectivity index (χ2v) is 9.88. The Labute approximate surface area is 183 Å². The van der Waals surface area contributed by atoms with E-state index in [1.807, 2.05) is 42.5 Å². The summed E-state index contributed by atoms with van der Waals surface area (Å²) in [5, 5.41) is 1.10. The number of benzene rings is 3. The summed E-state index contributed by atoms with van der Waals surface area (Å²) < 4.78 is 36.2. The van der Waals surface area contributed by atoms with Crippen molar-refractivity contribution in [1.29, 1.82) is 0 Å². The van der Waals surface area contributed by atoms with E-state index in [1.54, 1.807) is 0 Å². The van der Waals surface area contributed by atoms with Crippen molar-refractivity contribution in [3.63, 3.8) is 0 Å². The van der Waals surface area contributed by atoms with Crippen molar-refractivity contribution >= 4 is 70.1 Å². The Kier molecular flexibility index (Phi) is 5.26. The first kappa shape index (κ1) is 19.5. The van der Waals surface area contributed by atoms with Gasteiger partial charge in [0.15, 0.2) is 11.3 Å². The van der Waals surface area contributed by atoms with Gasteiger partial charge in [-0.1, -0.05) is 57.9 Å². The Bertz CT molecular complexity index is 1270. The van der Waals surface area contributed by atoms with Crippen LogP contribution in [0.25, 0.3) is 22.3 Å². The zero-order chi connectivity index (χ0) is 19.9. The first-order valence-electron chi connectivity index (χ1n) is 8.10. The summed E-state index contributed by atoms with van der Waals surface area (Å²) in [5.74, 6) is 0.437. The van der Waals surface area contributed by atoms with Crippen LogP contribution < -0.4 is 4.72 Å². The van der Waals surface area contributed by atoms with Crippen molar-refractivity contribution in [2.45, 2.75) is 4.90 Å². The van der Waals surface area contributed by atoms with Crippen LogP contribution in [0.4, 0.5) is 5.69 Å². The summed E-state index contributed by atoms with van der Waals surface area (Å²) in [6, 6.07) is 19.0. The van der Waals surface area contributed by atoms with Crippen LogP contribution in [-0.4, -0.2) is 8.42 Å². The van der Waals surface area contributed by atoms with Crippen molar-refractivity contribution in [2.75, 3.05) is 4.72 Å². The molecule has 0 spiro atoms. The molecule has 1 N–H and O–H groups in total. The lowest BCUT2D eigenvalue weighted by Gasteiger charge is -2.09. The van der Waals surface area contributed by atoms with Crippen molar-refractivity contribution in [1.82, 2.24) is 0 Å². The number of rotatable bonds is 4. The third-order valence-electron chi connectivity index (χ3n) is 4.11. The Morgan fingerprint density at radius 1 is 0.929 bits per heavy atom. The topological polar surface area (TPSA) is 59.3 Å². The molecule has 4 aromatic rings. The molecule has 0 atom stereocenters. The van der Waals surface area contributed by atoms with E-state index >= 15 is 0 Å². The van der Waals surface area contributed by atoms with Gasteiger partial charge in [0.2, 0.25) is 0 Å². The van der Waals surface area contributed by atoms with E-state index in [0.717, 1.165) is 10.0 Å². The molecule has 1 aromatic heterocycles. The lowest BCUT2D eigenvalue weighted by molar-refractivity contribution is 0.600. The average molecular weight is 542 g/mol. The van der Waals surface area contributed by atoms with Crippen LogP contribution in [0, 0.1) is 0 Å². The smallest absolute Gasteiger partial charge is 0.262 e. The molecule has 8 heteroatoms. The number of sulfonamides is 1. The molecule has 0 aliphatic carbocycles. The Balaban J connectivity index is 1.93. The lowest BCUT2D eigenvalue weighted by Crippen LogP contribution is -2.13. The SMILES string of the molecule is O=S(=O)(Nc1c(-c2ccccc2)oc2c(Br)cc(Br)cc12)c1ccc(Cl)cc1. The molecule has 1 heterocycles. The van der Waals surface area contributed by atoms with Gasteiger partial charge in [0, 0.05) is 20.4 Å². The van der Waals surface area contributed by atoms with Gasteiger partial charge in [-0.3, -0.25) is 4.72 Å². The number of fused-ring (bicyclic) bond motifs is 1. The summed E-state index contributed by atoms with van der Waals surface area (Å²) in [4.78, 5) is 0.110. The second kappa shape index (κ2) is 7.55. The van der Waals surface area contributed by atoms with Gasteiger partial charge in [0.05, 0.1) is 9.37 Å². The highest BCUT2D eigenvalue weighted by molar-refractivity contribution is 9.11. The molecule has 142 valence electrons. The van der Waals surface area contributed by atoms with Crippen LogP contribution in [-0.2, 0) is 10.0 Å². The maximum Gasteiger partial charge on any atom is 0.262 e. The van der Waals surface area contributed by atoms with Crippen molar-refractivity contribution in [2.24, 2.45) is 0 Å². The largest absolute Gasteiger partial charge is 0.453 e. The fraction of sp³-hybridized carbons (Fsp3) is 0. The number of nitrogens with one attached hydrogen (secondary N) is 1. The molecule has 3 aromatic carbocycles. The molecular formula is C20H12Br2ClNO3S. The third-order valence-corrected chi connectivity index (χ3v) is 6.77. The molecule has 0 saturated heterocycles. The molecule has 0 aliphatic rings. The van der Waals surface area contributed by atoms with Crippen molar-refractivity contribution < 1.29 is 12.8 Å². The van der Waals surface area contributed by atoms with Gasteiger partial charge < -0.3 is 4.42 Å². The second-order valence-electron chi connectivity index (χ2n) is 6.00. The number of hydrogen-bond donors (Lipinski definition) is 1. The summed E-state index contributed by atoms with van der Waals surface area (Å²) in [6.45, 7) is 0. The van der Waals surface area contributed by atoms with E-state index in [-0.39, 0.29) is 4.90 Å². The maximum absolute atomic E-state index is 13.0. The van der Waals surface area contributed by atoms with Gasteiger partial charge in [-0.2, -0.15) is 0 Å². The van der Waals surface area contributed by atoms with E-state index in [4.69, 9.17) is 16.0 Å². The number of furan rings is 1. The Morgan fingerprint density at radius 3 is 2.29 bits per heavy atom. The monoisotopic (exact) mass is 539 g/mol. The van der Waals surface area contributed by atoms with Gasteiger partial charge >= 0.3 is 0 Å². The summed E-state index contributed by atoms with van der Waals surface area (Å²) in [5.41, 5.74) is 1.68. The molecule has 0 aliphatic heterocycles. The summed E-state index contributed by atoms with van der Waals surface area (Å²) in [7, 11) is -3.85. The molecule has 0 amide bonds. The molecule has 0 bridgehead atoms. The maximum atomic E-state index is 13.0. The van der Waals surface area contributed by atoms with E-state index in [9.17, 15) is 8.42 Å². The minimum absolute atomic E-state index is 0.110. The van der Waals surface area contributed by atoms with Gasteiger partial charge in [-0.25, -0.2) is 8.42 Å². The van der Waals surface area contributed by atoms with Crippen LogP contribution >= 0.6 is 43.5 Å². The predicted molar refractivity (Wildman–Crippen MR) is 119 cm³/mol. The lowest BCUT2D eigenvalue weighted by atomic mass is 10.1. The highest BCUT2D eigenvalue weighted by atomic mass is 79.9. The first-order chi connectivity index (χ1) is 13.3. The molecule has 0 saturated carbocycles. The molecular weight excluding hydrogens is 530 g/mol. The molecule has 28 heavy (non-hydrogen) atoms. The van der Waals surface area contributed by atoms with Crippen LogP contribution in [0.15, 0.2) is 85.0 Å². The number of anilines is 1. The number of halogens is 3. The minimum atomic E-state index is -3.85. The third kappa shape index (κ3) is 3.72. The van der Waals surface area contributed by atoms with Crippen LogP contribution in [0.5, 0.6) is 0 Å². The van der Waals surface area contributed by atoms with E-state index in [1.165, 1.54) is 24.3 Å². The van der Waals surface area contributed by atoms with Crippen LogP contribution in [0.2, 0.25) is 5.02 Å². The summed E-state index contributed by atoms with van der Waals surface area (Å²) in [6.07, 6.45) is 0. The zero-order valence-electron chi connectivity index (χ0n) is 14.1. The first-order valence-corrected chi connectivity index (χ1v) is 11.6. The molecule has 0 fully saturated rings. The number of hydrogen-bond acceptors (Lipinski definition) is 3. The standard InChI is InChI=1S/C20H12Br2ClNO3S/c21-13-10-16-18(24-28(25,26)15-8-6-14(23)7-9-15)19(12-4-2-1-3-5-12)27-20(16)17(22)11-13/h1-11,24H. The fourth-order valence-electron chi connectivity index (χ4n) is 2.83. The molecule has 4 rings (SSSR count). The molecule has 0 unspecified atom stereocenters. The van der Waals surface area contributed by atoms with Gasteiger partial charge in [0.25, 0.3) is 10.0 Å². The quantitative estimate of drug-likeness (QED) is 0.300. The van der Waals surface area contributed by atoms with Crippen LogP contribution in [0.1, 0.15) is 0 Å². The highest BCUT2D eigenvalue weighted by Crippen LogP contribution is 2.43. The average Bonchev–Trinajstić information content (AvgIpc) is 3.01. The Morgan fingerprint density at radius 2 is 1.61 bits per heavy atom. The van der Waals surface area contributed by atoms with Gasteiger partial charge in [-0.15, -0.1) is 0 Å². The molecule has 0 radical (unpaired) electrons. The normalized spacial score (nSPS) is 11.7. The fourth-order valence-corrected chi connectivity index (χ4v) is 5.34. The van der Waals surface area contributed by atoms with Gasteiger partial charge in [-0.05, 0) is 52.3 Å². The van der Waals surface area contributed by atoms with E-state index < -0.39 is 10.0 Å². The van der Waals surface area contributed by atoms with E-state index in [0.29, 0.717) is 31.9 Å². The highest BCUT2D eigenvalue weighted by Gasteiger charge is 2.23. The molecule has 4 nitrogen and oxygen atoms in total. The summed E-state index contributed by atoms with van der Waals surface area (Å²) >= 11 is 12.8. The van der Waals surface area contributed by atoms with Crippen LogP contribution in [0.3, 0.4) is 0 Å². The minimum Gasteiger partial charge on any atom is -0.453 e. The van der Waals surface area contributed by atoms with Crippen molar-refractivity contribution in [3.8, 4) is 11.3 Å². The van der Waals surface area contributed by atoms with Crippen molar-refractivity contribution in [3.05, 3.63) is 80.7 Å². The van der Waals surface area contributed by atoms with E-state index in [2.05, 4.69) is 36.6 Å². The predicted octanol–water partition coefficient (Wildman–Crippen LogP) is 7.08. The Hall–Kier alpha value is -1.80.